The Bertz CT molecular complexity index is 1110. The van der Waals surface area contributed by atoms with Crippen molar-refractivity contribution in [1.82, 2.24) is 20.2 Å². The van der Waals surface area contributed by atoms with E-state index in [4.69, 9.17) is 0 Å². The molecule has 1 aliphatic heterocycles. The van der Waals surface area contributed by atoms with E-state index in [1.807, 2.05) is 37.2 Å². The van der Waals surface area contributed by atoms with Crippen LogP contribution >= 0.6 is 0 Å². The van der Waals surface area contributed by atoms with Crippen molar-refractivity contribution >= 4 is 11.8 Å². The fraction of sp³-hybridized carbons (Fsp3) is 0.481. The van der Waals surface area contributed by atoms with Gasteiger partial charge in [0.25, 0.3) is 5.91 Å². The lowest BCUT2D eigenvalue weighted by Crippen LogP contribution is -2.56. The molecule has 12 heteroatoms. The zero-order valence-corrected chi connectivity index (χ0v) is 21.9. The van der Waals surface area contributed by atoms with Crippen LogP contribution < -0.4 is 5.43 Å². The van der Waals surface area contributed by atoms with Gasteiger partial charge in [-0.3, -0.25) is 14.6 Å². The third-order valence-electron chi connectivity index (χ3n) is 6.61. The van der Waals surface area contributed by atoms with E-state index >= 15 is 0 Å². The van der Waals surface area contributed by atoms with Crippen LogP contribution in [0.2, 0.25) is 0 Å². The monoisotopic (exact) mass is 558 g/mol. The van der Waals surface area contributed by atoms with E-state index in [2.05, 4.69) is 5.43 Å². The summed E-state index contributed by atoms with van der Waals surface area (Å²) >= 11 is 0. The summed E-state index contributed by atoms with van der Waals surface area (Å²) in [4.78, 5) is 28.9. The summed E-state index contributed by atoms with van der Waals surface area (Å²) in [5.74, 6) is -1.10. The van der Waals surface area contributed by atoms with Crippen LogP contribution in [-0.2, 0) is 23.6 Å². The number of hydrazine groups is 1. The number of amides is 2. The molecule has 0 aliphatic carbocycles. The summed E-state index contributed by atoms with van der Waals surface area (Å²) in [5, 5.41) is 1.49. The number of alkyl halides is 6. The number of hydrogen-bond donors (Lipinski definition) is 1. The summed E-state index contributed by atoms with van der Waals surface area (Å²) in [5.41, 5.74) is 0.330. The van der Waals surface area contributed by atoms with Gasteiger partial charge in [-0.15, -0.1) is 0 Å². The quantitative estimate of drug-likeness (QED) is 0.372. The van der Waals surface area contributed by atoms with E-state index in [1.54, 1.807) is 12.1 Å². The van der Waals surface area contributed by atoms with Gasteiger partial charge in [-0.05, 0) is 57.1 Å². The molecule has 214 valence electrons. The van der Waals surface area contributed by atoms with Gasteiger partial charge in [0.05, 0.1) is 11.1 Å². The van der Waals surface area contributed by atoms with E-state index in [0.717, 1.165) is 5.56 Å². The van der Waals surface area contributed by atoms with Crippen molar-refractivity contribution in [3.05, 3.63) is 70.8 Å². The average molecular weight is 559 g/mol. The van der Waals surface area contributed by atoms with Gasteiger partial charge in [0.15, 0.2) is 0 Å². The maximum Gasteiger partial charge on any atom is 0.416 e. The lowest BCUT2D eigenvalue weighted by Gasteiger charge is -2.41. The maximum absolute atomic E-state index is 13.5. The number of carbonyl (C=O) groups is 2. The van der Waals surface area contributed by atoms with Crippen LogP contribution in [0.5, 0.6) is 0 Å². The van der Waals surface area contributed by atoms with Gasteiger partial charge in [0.2, 0.25) is 5.91 Å². The summed E-state index contributed by atoms with van der Waals surface area (Å²) in [6, 6.07) is 9.30. The van der Waals surface area contributed by atoms with Gasteiger partial charge in [-0.2, -0.15) is 26.3 Å². The smallest absolute Gasteiger partial charge is 0.335 e. The predicted molar refractivity (Wildman–Crippen MR) is 134 cm³/mol. The first-order valence-corrected chi connectivity index (χ1v) is 12.5. The van der Waals surface area contributed by atoms with Crippen molar-refractivity contribution in [3.8, 4) is 0 Å². The molecule has 0 spiro atoms. The Hall–Kier alpha value is -3.12. The zero-order chi connectivity index (χ0) is 29.0. The van der Waals surface area contributed by atoms with Crippen LogP contribution in [0.4, 0.5) is 26.3 Å². The predicted octanol–water partition coefficient (Wildman–Crippen LogP) is 4.85. The number of nitrogens with zero attached hydrogens (tertiary/aromatic N) is 3. The highest BCUT2D eigenvalue weighted by molar-refractivity contribution is 5.95. The Morgan fingerprint density at radius 2 is 1.54 bits per heavy atom. The van der Waals surface area contributed by atoms with Crippen LogP contribution in [-0.4, -0.2) is 72.4 Å². The average Bonchev–Trinajstić information content (AvgIpc) is 2.85. The van der Waals surface area contributed by atoms with E-state index < -0.39 is 41.0 Å². The van der Waals surface area contributed by atoms with Crippen molar-refractivity contribution in [2.45, 2.75) is 50.6 Å². The summed E-state index contributed by atoms with van der Waals surface area (Å²) < 4.78 is 80.5. The SMILES string of the molecule is CC(=O)N(CCN(C)C)NC1CCN(C(=O)c2cc(C(F)(F)F)cc(C(F)(F)F)c2)C(Cc2ccccc2)C1. The molecule has 39 heavy (non-hydrogen) atoms. The minimum atomic E-state index is -5.06. The topological polar surface area (TPSA) is 55.9 Å². The van der Waals surface area contributed by atoms with E-state index in [-0.39, 0.29) is 24.6 Å². The number of likely N-dealkylation sites (N-methyl/N-ethyl adjacent to an activating group) is 1. The maximum atomic E-state index is 13.5. The third kappa shape index (κ3) is 8.43. The highest BCUT2D eigenvalue weighted by Crippen LogP contribution is 2.37. The molecule has 1 fully saturated rings. The molecule has 0 saturated carbocycles. The molecule has 6 nitrogen and oxygen atoms in total. The Kier molecular flexibility index (Phi) is 9.65. The molecule has 2 atom stereocenters. The van der Waals surface area contributed by atoms with Gasteiger partial charge >= 0.3 is 12.4 Å². The first kappa shape index (κ1) is 30.4. The molecule has 0 radical (unpaired) electrons. The first-order chi connectivity index (χ1) is 18.1. The van der Waals surface area contributed by atoms with Crippen LogP contribution in [0.1, 0.15) is 46.8 Å². The van der Waals surface area contributed by atoms with Gasteiger partial charge in [0, 0.05) is 44.2 Å². The molecule has 1 aliphatic rings. The molecule has 1 heterocycles. The Labute approximate surface area is 223 Å². The Balaban J connectivity index is 1.91. The molecule has 2 unspecified atom stereocenters. The highest BCUT2D eigenvalue weighted by Gasteiger charge is 2.39. The third-order valence-corrected chi connectivity index (χ3v) is 6.61. The Morgan fingerprint density at radius 3 is 2.05 bits per heavy atom. The minimum Gasteiger partial charge on any atom is -0.335 e. The van der Waals surface area contributed by atoms with Crippen LogP contribution in [0, 0.1) is 0 Å². The molecule has 0 aromatic heterocycles. The van der Waals surface area contributed by atoms with Crippen LogP contribution in [0.25, 0.3) is 0 Å². The van der Waals surface area contributed by atoms with Crippen molar-refractivity contribution < 1.29 is 35.9 Å². The standard InChI is InChI=1S/C27H32F6N4O2/c1-18(38)37(12-11-35(2)3)34-23-9-10-36(24(17-23)13-19-7-5-4-6-8-19)25(39)20-14-21(26(28,29)30)16-22(15-20)27(31,32)33/h4-8,14-16,23-24,34H,9-13,17H2,1-3H3. The molecule has 2 aromatic carbocycles. The number of carbonyl (C=O) groups excluding carboxylic acids is 2. The van der Waals surface area contributed by atoms with Gasteiger partial charge in [0.1, 0.15) is 0 Å². The zero-order valence-electron chi connectivity index (χ0n) is 21.9. The van der Waals surface area contributed by atoms with Crippen molar-refractivity contribution in [1.29, 1.82) is 0 Å². The molecular weight excluding hydrogens is 526 g/mol. The summed E-state index contributed by atoms with van der Waals surface area (Å²) in [6.45, 7) is 2.53. The van der Waals surface area contributed by atoms with E-state index in [1.165, 1.54) is 16.8 Å². The molecular formula is C27H32F6N4O2. The minimum absolute atomic E-state index is 0.0124. The number of rotatable bonds is 8. The molecule has 2 amide bonds. The normalized spacial score (nSPS) is 18.4. The van der Waals surface area contributed by atoms with Crippen molar-refractivity contribution in [2.75, 3.05) is 33.7 Å². The second-order valence-electron chi connectivity index (χ2n) is 9.96. The number of hydrogen-bond acceptors (Lipinski definition) is 4. The number of piperidine rings is 1. The number of likely N-dealkylation sites (tertiary alicyclic amines) is 1. The van der Waals surface area contributed by atoms with Crippen LogP contribution in [0.15, 0.2) is 48.5 Å². The highest BCUT2D eigenvalue weighted by atomic mass is 19.4. The molecule has 1 N–H and O–H groups in total. The van der Waals surface area contributed by atoms with Crippen molar-refractivity contribution in [2.24, 2.45) is 0 Å². The largest absolute Gasteiger partial charge is 0.416 e. The summed E-state index contributed by atoms with van der Waals surface area (Å²) in [6.07, 6.45) is -9.07. The molecule has 0 bridgehead atoms. The number of benzene rings is 2. The lowest BCUT2D eigenvalue weighted by molar-refractivity contribution is -0.143. The van der Waals surface area contributed by atoms with Crippen LogP contribution in [0.3, 0.4) is 0 Å². The van der Waals surface area contributed by atoms with E-state index in [0.29, 0.717) is 44.5 Å². The second kappa shape index (κ2) is 12.4. The lowest BCUT2D eigenvalue weighted by atomic mass is 9.91. The molecule has 2 aromatic rings. The molecule has 3 rings (SSSR count). The van der Waals surface area contributed by atoms with Gasteiger partial charge in [-0.1, -0.05) is 30.3 Å². The van der Waals surface area contributed by atoms with Gasteiger partial charge < -0.3 is 9.80 Å². The Morgan fingerprint density at radius 1 is 0.949 bits per heavy atom. The summed E-state index contributed by atoms with van der Waals surface area (Å²) in [7, 11) is 3.74. The number of halogens is 6. The molecule has 1 saturated heterocycles. The fourth-order valence-corrected chi connectivity index (χ4v) is 4.59. The van der Waals surface area contributed by atoms with Gasteiger partial charge in [-0.25, -0.2) is 5.43 Å². The second-order valence-corrected chi connectivity index (χ2v) is 9.96. The van der Waals surface area contributed by atoms with E-state index in [9.17, 15) is 35.9 Å². The fourth-order valence-electron chi connectivity index (χ4n) is 4.59. The first-order valence-electron chi connectivity index (χ1n) is 12.5. The van der Waals surface area contributed by atoms with Crippen molar-refractivity contribution in [3.63, 3.8) is 0 Å². The number of nitrogens with one attached hydrogen (secondary N) is 1.